The van der Waals surface area contributed by atoms with Gasteiger partial charge in [-0.15, -0.1) is 0 Å². The summed E-state index contributed by atoms with van der Waals surface area (Å²) >= 11 is 7.24. The minimum atomic E-state index is 0.601. The van der Waals surface area contributed by atoms with Crippen LogP contribution in [0.15, 0.2) is 0 Å². The maximum Gasteiger partial charge on any atom is 0.0268 e. The zero-order valence-corrected chi connectivity index (χ0v) is 11.3. The van der Waals surface area contributed by atoms with Crippen LogP contribution in [0.1, 0.15) is 52.4 Å². The van der Waals surface area contributed by atoms with Crippen molar-refractivity contribution in [2.75, 3.05) is 0 Å². The van der Waals surface area contributed by atoms with Crippen molar-refractivity contribution in [2.45, 2.75) is 62.0 Å². The topological polar surface area (TPSA) is 0 Å². The van der Waals surface area contributed by atoms with Gasteiger partial charge in [-0.2, -0.15) is 0 Å². The van der Waals surface area contributed by atoms with Crippen LogP contribution in [0, 0.1) is 0 Å². The summed E-state index contributed by atoms with van der Waals surface area (Å²) in [6, 6.07) is 0. The van der Waals surface area contributed by atoms with Gasteiger partial charge in [-0.1, -0.05) is 77.8 Å². The van der Waals surface area contributed by atoms with Gasteiger partial charge >= 0.3 is 0 Å². The van der Waals surface area contributed by atoms with Crippen molar-refractivity contribution >= 4 is 31.9 Å². The van der Waals surface area contributed by atoms with Gasteiger partial charge in [0.05, 0.1) is 0 Å². The van der Waals surface area contributed by atoms with Gasteiger partial charge in [0.15, 0.2) is 0 Å². The average Bonchev–Trinajstić information content (AvgIpc) is 2.03. The minimum Gasteiger partial charge on any atom is -0.0882 e. The van der Waals surface area contributed by atoms with Crippen LogP contribution in [0.5, 0.6) is 0 Å². The highest BCUT2D eigenvalue weighted by molar-refractivity contribution is 9.12. The summed E-state index contributed by atoms with van der Waals surface area (Å²) in [5.74, 6) is 0. The van der Waals surface area contributed by atoms with Crippen molar-refractivity contribution in [2.24, 2.45) is 0 Å². The van der Waals surface area contributed by atoms with Crippen LogP contribution in [-0.2, 0) is 0 Å². The van der Waals surface area contributed by atoms with E-state index in [1.54, 1.807) is 0 Å². The Morgan fingerprint density at radius 2 is 1.58 bits per heavy atom. The lowest BCUT2D eigenvalue weighted by Crippen LogP contribution is -2.08. The van der Waals surface area contributed by atoms with E-state index in [0.29, 0.717) is 9.65 Å². The molecule has 0 aromatic rings. The molecular weight excluding hydrogens is 280 g/mol. The van der Waals surface area contributed by atoms with Crippen LogP contribution in [0.2, 0.25) is 0 Å². The first-order valence-corrected chi connectivity index (χ1v) is 6.79. The minimum absolute atomic E-state index is 0.601. The molecular formula is C10H20Br2. The number of hydrogen-bond acceptors (Lipinski definition) is 0. The monoisotopic (exact) mass is 298 g/mol. The van der Waals surface area contributed by atoms with E-state index in [0.717, 1.165) is 0 Å². The van der Waals surface area contributed by atoms with Gasteiger partial charge < -0.3 is 0 Å². The molecule has 0 fully saturated rings. The van der Waals surface area contributed by atoms with E-state index in [-0.39, 0.29) is 0 Å². The molecule has 0 aromatic heterocycles. The zero-order valence-electron chi connectivity index (χ0n) is 8.15. The molecule has 74 valence electrons. The van der Waals surface area contributed by atoms with Crippen molar-refractivity contribution in [1.29, 1.82) is 0 Å². The largest absolute Gasteiger partial charge is 0.0882 e. The molecule has 0 saturated carbocycles. The van der Waals surface area contributed by atoms with E-state index in [1.807, 2.05) is 0 Å². The van der Waals surface area contributed by atoms with E-state index in [2.05, 4.69) is 45.7 Å². The first-order chi connectivity index (χ1) is 5.68. The molecule has 0 radical (unpaired) electrons. The molecule has 2 unspecified atom stereocenters. The van der Waals surface area contributed by atoms with E-state index in [4.69, 9.17) is 0 Å². The number of unbranched alkanes of at least 4 members (excludes halogenated alkanes) is 4. The molecule has 0 amide bonds. The molecule has 12 heavy (non-hydrogen) atoms. The Morgan fingerprint density at radius 1 is 1.00 bits per heavy atom. The maximum absolute atomic E-state index is 3.66. The smallest absolute Gasteiger partial charge is 0.0268 e. The predicted octanol–water partition coefficient (Wildman–Crippen LogP) is 4.89. The number of alkyl halides is 2. The lowest BCUT2D eigenvalue weighted by molar-refractivity contribution is 0.599. The Labute approximate surface area is 93.8 Å². The van der Waals surface area contributed by atoms with Crippen molar-refractivity contribution in [3.05, 3.63) is 0 Å². The molecule has 0 heterocycles. The maximum atomic E-state index is 3.66. The fourth-order valence-corrected chi connectivity index (χ4v) is 1.76. The molecule has 0 aromatic carbocycles. The molecule has 0 rings (SSSR count). The molecule has 0 N–H and O–H groups in total. The quantitative estimate of drug-likeness (QED) is 0.463. The van der Waals surface area contributed by atoms with Crippen molar-refractivity contribution in [3.63, 3.8) is 0 Å². The standard InChI is InChI=1S/C10H20Br2/c1-3-4-5-6-7-8-10(12)9(2)11/h9-10H,3-8H2,1-2H3. The van der Waals surface area contributed by atoms with Gasteiger partial charge in [0.2, 0.25) is 0 Å². The summed E-state index contributed by atoms with van der Waals surface area (Å²) in [7, 11) is 0. The number of rotatable bonds is 7. The highest BCUT2D eigenvalue weighted by Gasteiger charge is 2.08. The van der Waals surface area contributed by atoms with E-state index in [9.17, 15) is 0 Å². The van der Waals surface area contributed by atoms with Crippen molar-refractivity contribution in [1.82, 2.24) is 0 Å². The summed E-state index contributed by atoms with van der Waals surface area (Å²) in [6.07, 6.45) is 8.22. The zero-order chi connectivity index (χ0) is 9.40. The van der Waals surface area contributed by atoms with Crippen LogP contribution in [0.25, 0.3) is 0 Å². The Kier molecular flexibility index (Phi) is 9.24. The third-order valence-corrected chi connectivity index (χ3v) is 4.68. The highest BCUT2D eigenvalue weighted by atomic mass is 79.9. The molecule has 0 aliphatic rings. The predicted molar refractivity (Wildman–Crippen MR) is 64.5 cm³/mol. The van der Waals surface area contributed by atoms with Gasteiger partial charge in [0.25, 0.3) is 0 Å². The van der Waals surface area contributed by atoms with Gasteiger partial charge in [-0.25, -0.2) is 0 Å². The summed E-state index contributed by atoms with van der Waals surface area (Å²) in [4.78, 5) is 1.25. The van der Waals surface area contributed by atoms with Gasteiger partial charge in [0, 0.05) is 9.65 Å². The second-order valence-electron chi connectivity index (χ2n) is 3.40. The second kappa shape index (κ2) is 8.55. The SMILES string of the molecule is CCCCCCCC(Br)C(C)Br. The molecule has 2 heteroatoms. The number of halogens is 2. The molecule has 2 atom stereocenters. The lowest BCUT2D eigenvalue weighted by Gasteiger charge is -2.11. The Bertz CT molecular complexity index is 91.8. The lowest BCUT2D eigenvalue weighted by atomic mass is 10.1. The van der Waals surface area contributed by atoms with Crippen LogP contribution in [-0.4, -0.2) is 9.65 Å². The van der Waals surface area contributed by atoms with Crippen LogP contribution in [0.4, 0.5) is 0 Å². The fourth-order valence-electron chi connectivity index (χ4n) is 1.17. The van der Waals surface area contributed by atoms with E-state index in [1.165, 1.54) is 38.5 Å². The van der Waals surface area contributed by atoms with Crippen molar-refractivity contribution < 1.29 is 0 Å². The summed E-state index contributed by atoms with van der Waals surface area (Å²) in [5, 5.41) is 0. The average molecular weight is 300 g/mol. The molecule has 0 saturated heterocycles. The van der Waals surface area contributed by atoms with Crippen LogP contribution in [0.3, 0.4) is 0 Å². The molecule has 0 aliphatic carbocycles. The van der Waals surface area contributed by atoms with Crippen LogP contribution >= 0.6 is 31.9 Å². The summed E-state index contributed by atoms with van der Waals surface area (Å²) < 4.78 is 0. The van der Waals surface area contributed by atoms with Gasteiger partial charge in [-0.3, -0.25) is 0 Å². The number of hydrogen-bond donors (Lipinski definition) is 0. The van der Waals surface area contributed by atoms with E-state index < -0.39 is 0 Å². The Balaban J connectivity index is 3.08. The summed E-state index contributed by atoms with van der Waals surface area (Å²) in [6.45, 7) is 4.46. The summed E-state index contributed by atoms with van der Waals surface area (Å²) in [5.41, 5.74) is 0. The van der Waals surface area contributed by atoms with Gasteiger partial charge in [-0.05, 0) is 6.42 Å². The normalized spacial score (nSPS) is 16.0. The highest BCUT2D eigenvalue weighted by Crippen LogP contribution is 2.20. The van der Waals surface area contributed by atoms with Gasteiger partial charge in [0.1, 0.15) is 0 Å². The molecule has 0 bridgehead atoms. The second-order valence-corrected chi connectivity index (χ2v) is 6.02. The van der Waals surface area contributed by atoms with Crippen LogP contribution < -0.4 is 0 Å². The van der Waals surface area contributed by atoms with Crippen molar-refractivity contribution in [3.8, 4) is 0 Å². The third-order valence-electron chi connectivity index (χ3n) is 2.08. The van der Waals surface area contributed by atoms with E-state index >= 15 is 0 Å². The fraction of sp³-hybridized carbons (Fsp3) is 1.00. The molecule has 0 aliphatic heterocycles. The molecule has 0 nitrogen and oxygen atoms in total. The third kappa shape index (κ3) is 7.60. The first kappa shape index (κ1) is 13.0. The Morgan fingerprint density at radius 3 is 2.08 bits per heavy atom. The Hall–Kier alpha value is 0.960. The first-order valence-electron chi connectivity index (χ1n) is 4.96. The molecule has 0 spiro atoms.